The van der Waals surface area contributed by atoms with Crippen molar-refractivity contribution >= 4 is 0 Å². The van der Waals surface area contributed by atoms with E-state index < -0.39 is 0 Å². The Hall–Kier alpha value is -0.860. The molecule has 1 aliphatic carbocycles. The topological polar surface area (TPSA) is 29.5 Å². The van der Waals surface area contributed by atoms with Gasteiger partial charge < -0.3 is 9.84 Å². The van der Waals surface area contributed by atoms with Crippen LogP contribution in [0.2, 0.25) is 0 Å². The monoisotopic (exact) mass is 248 g/mol. The fraction of sp³-hybridized carbons (Fsp3) is 0.625. The van der Waals surface area contributed by atoms with Crippen LogP contribution in [-0.4, -0.2) is 23.9 Å². The van der Waals surface area contributed by atoms with Crippen LogP contribution in [0.3, 0.4) is 0 Å². The van der Waals surface area contributed by atoms with Crippen LogP contribution in [0.25, 0.3) is 0 Å². The molecular weight excluding hydrogens is 224 g/mol. The molecule has 0 bridgehead atoms. The molecule has 1 aromatic rings. The Morgan fingerprint density at radius 2 is 2.00 bits per heavy atom. The maximum Gasteiger partial charge on any atom is 0.0647 e. The molecule has 0 saturated carbocycles. The lowest BCUT2D eigenvalue weighted by Gasteiger charge is -2.26. The molecule has 2 rings (SSSR count). The second-order valence-electron chi connectivity index (χ2n) is 5.98. The lowest BCUT2D eigenvalue weighted by molar-refractivity contribution is -0.0190. The summed E-state index contributed by atoms with van der Waals surface area (Å²) in [5.74, 6) is 0. The van der Waals surface area contributed by atoms with E-state index in [0.717, 1.165) is 6.42 Å². The average Bonchev–Trinajstić information content (AvgIpc) is 2.75. The fourth-order valence-corrected chi connectivity index (χ4v) is 2.75. The van der Waals surface area contributed by atoms with Crippen LogP contribution < -0.4 is 0 Å². The summed E-state index contributed by atoms with van der Waals surface area (Å²) >= 11 is 0. The molecule has 2 nitrogen and oxygen atoms in total. The van der Waals surface area contributed by atoms with Gasteiger partial charge in [-0.2, -0.15) is 0 Å². The van der Waals surface area contributed by atoms with Crippen molar-refractivity contribution in [2.24, 2.45) is 0 Å². The van der Waals surface area contributed by atoms with Crippen molar-refractivity contribution in [1.29, 1.82) is 0 Å². The minimum Gasteiger partial charge on any atom is -0.393 e. The molecule has 1 unspecified atom stereocenters. The highest BCUT2D eigenvalue weighted by molar-refractivity contribution is 5.35. The predicted octanol–water partition coefficient (Wildman–Crippen LogP) is 2.89. The number of hydrogen-bond acceptors (Lipinski definition) is 2. The molecule has 1 N–H and O–H groups in total. The van der Waals surface area contributed by atoms with Crippen molar-refractivity contribution in [2.75, 3.05) is 7.11 Å². The summed E-state index contributed by atoms with van der Waals surface area (Å²) < 4.78 is 5.36. The maximum absolute atomic E-state index is 10.1. The molecule has 1 aromatic carbocycles. The Labute approximate surface area is 110 Å². The van der Waals surface area contributed by atoms with Gasteiger partial charge in [-0.1, -0.05) is 18.2 Å². The van der Waals surface area contributed by atoms with E-state index in [-0.39, 0.29) is 11.7 Å². The summed E-state index contributed by atoms with van der Waals surface area (Å²) in [6.07, 6.45) is 4.75. The van der Waals surface area contributed by atoms with Gasteiger partial charge in [-0.05, 0) is 56.2 Å². The van der Waals surface area contributed by atoms with Gasteiger partial charge in [0.25, 0.3) is 0 Å². The zero-order valence-corrected chi connectivity index (χ0v) is 11.7. The minimum atomic E-state index is -0.334. The standard InChI is InChI=1S/C16H24O2/c1-16(2,18-3)11-15(17)10-12-7-8-13-5-4-6-14(13)9-12/h7-9,15,17H,4-6,10-11H2,1-3H3. The lowest BCUT2D eigenvalue weighted by Crippen LogP contribution is -2.29. The number of aryl methyl sites for hydroxylation is 2. The van der Waals surface area contributed by atoms with Crippen LogP contribution in [0, 0.1) is 0 Å². The molecule has 0 fully saturated rings. The highest BCUT2D eigenvalue weighted by Gasteiger charge is 2.22. The van der Waals surface area contributed by atoms with E-state index in [4.69, 9.17) is 4.74 Å². The number of fused-ring (bicyclic) bond motifs is 1. The zero-order chi connectivity index (χ0) is 13.2. The van der Waals surface area contributed by atoms with Crippen LogP contribution in [0.5, 0.6) is 0 Å². The molecule has 18 heavy (non-hydrogen) atoms. The molecule has 2 heteroatoms. The van der Waals surface area contributed by atoms with E-state index in [0.29, 0.717) is 6.42 Å². The number of methoxy groups -OCH3 is 1. The van der Waals surface area contributed by atoms with E-state index >= 15 is 0 Å². The van der Waals surface area contributed by atoms with Gasteiger partial charge in [0, 0.05) is 13.5 Å². The molecule has 1 atom stereocenters. The van der Waals surface area contributed by atoms with Gasteiger partial charge in [0.05, 0.1) is 11.7 Å². The first-order valence-electron chi connectivity index (χ1n) is 6.84. The molecular formula is C16H24O2. The summed E-state index contributed by atoms with van der Waals surface area (Å²) in [6.45, 7) is 4.03. The SMILES string of the molecule is COC(C)(C)CC(O)Cc1ccc2c(c1)CCC2. The Morgan fingerprint density at radius 3 is 2.72 bits per heavy atom. The summed E-state index contributed by atoms with van der Waals surface area (Å²) in [7, 11) is 1.70. The molecule has 0 heterocycles. The number of rotatable bonds is 5. The van der Waals surface area contributed by atoms with Crippen molar-refractivity contribution in [1.82, 2.24) is 0 Å². The van der Waals surface area contributed by atoms with Crippen molar-refractivity contribution in [2.45, 2.75) is 57.7 Å². The molecule has 0 spiro atoms. The number of aliphatic hydroxyl groups excluding tert-OH is 1. The molecule has 0 radical (unpaired) electrons. The van der Waals surface area contributed by atoms with Crippen LogP contribution in [0.15, 0.2) is 18.2 Å². The number of aliphatic hydroxyl groups is 1. The Kier molecular flexibility index (Phi) is 4.08. The molecule has 0 aromatic heterocycles. The third-order valence-electron chi connectivity index (χ3n) is 3.91. The third kappa shape index (κ3) is 3.33. The van der Waals surface area contributed by atoms with Crippen LogP contribution in [0.1, 0.15) is 43.4 Å². The Bertz CT molecular complexity index is 410. The second kappa shape index (κ2) is 5.41. The smallest absolute Gasteiger partial charge is 0.0647 e. The normalized spacial score (nSPS) is 16.7. The third-order valence-corrected chi connectivity index (χ3v) is 3.91. The molecule has 1 aliphatic rings. The van der Waals surface area contributed by atoms with Crippen molar-refractivity contribution in [3.05, 3.63) is 34.9 Å². The van der Waals surface area contributed by atoms with Gasteiger partial charge in [0.2, 0.25) is 0 Å². The first-order valence-corrected chi connectivity index (χ1v) is 6.84. The Morgan fingerprint density at radius 1 is 1.28 bits per heavy atom. The van der Waals surface area contributed by atoms with Gasteiger partial charge in [-0.25, -0.2) is 0 Å². The van der Waals surface area contributed by atoms with Crippen molar-refractivity contribution in [3.8, 4) is 0 Å². The molecule has 0 saturated heterocycles. The van der Waals surface area contributed by atoms with Crippen molar-refractivity contribution < 1.29 is 9.84 Å². The molecule has 0 aliphatic heterocycles. The minimum absolute atomic E-state index is 0.254. The number of benzene rings is 1. The predicted molar refractivity (Wildman–Crippen MR) is 73.9 cm³/mol. The average molecular weight is 248 g/mol. The number of hydrogen-bond donors (Lipinski definition) is 1. The highest BCUT2D eigenvalue weighted by atomic mass is 16.5. The highest BCUT2D eigenvalue weighted by Crippen LogP contribution is 2.24. The first kappa shape index (κ1) is 13.6. The maximum atomic E-state index is 10.1. The summed E-state index contributed by atoms with van der Waals surface area (Å²) in [5.41, 5.74) is 3.96. The van der Waals surface area contributed by atoms with E-state index in [1.54, 1.807) is 7.11 Å². The van der Waals surface area contributed by atoms with Crippen LogP contribution in [-0.2, 0) is 24.0 Å². The zero-order valence-electron chi connectivity index (χ0n) is 11.7. The van der Waals surface area contributed by atoms with Crippen LogP contribution >= 0.6 is 0 Å². The van der Waals surface area contributed by atoms with E-state index in [2.05, 4.69) is 18.2 Å². The quantitative estimate of drug-likeness (QED) is 0.868. The van der Waals surface area contributed by atoms with Crippen LogP contribution in [0.4, 0.5) is 0 Å². The summed E-state index contributed by atoms with van der Waals surface area (Å²) in [5, 5.41) is 10.1. The van der Waals surface area contributed by atoms with E-state index in [1.165, 1.54) is 36.0 Å². The molecule has 0 amide bonds. The van der Waals surface area contributed by atoms with Gasteiger partial charge in [-0.15, -0.1) is 0 Å². The summed E-state index contributed by atoms with van der Waals surface area (Å²) in [6, 6.07) is 6.66. The summed E-state index contributed by atoms with van der Waals surface area (Å²) in [4.78, 5) is 0. The van der Waals surface area contributed by atoms with Gasteiger partial charge in [0.1, 0.15) is 0 Å². The number of ether oxygens (including phenoxy) is 1. The first-order chi connectivity index (χ1) is 8.50. The van der Waals surface area contributed by atoms with E-state index in [9.17, 15) is 5.11 Å². The lowest BCUT2D eigenvalue weighted by atomic mass is 9.95. The fourth-order valence-electron chi connectivity index (χ4n) is 2.75. The Balaban J connectivity index is 1.97. The van der Waals surface area contributed by atoms with Gasteiger partial charge in [0.15, 0.2) is 0 Å². The second-order valence-corrected chi connectivity index (χ2v) is 5.98. The largest absolute Gasteiger partial charge is 0.393 e. The molecule has 100 valence electrons. The van der Waals surface area contributed by atoms with Gasteiger partial charge >= 0.3 is 0 Å². The van der Waals surface area contributed by atoms with Crippen molar-refractivity contribution in [3.63, 3.8) is 0 Å². The van der Waals surface area contributed by atoms with E-state index in [1.807, 2.05) is 13.8 Å². The van der Waals surface area contributed by atoms with Gasteiger partial charge in [-0.3, -0.25) is 0 Å².